The Bertz CT molecular complexity index is 1260. The number of carbonyl (C=O) groups is 2. The second-order valence-corrected chi connectivity index (χ2v) is 9.63. The summed E-state index contributed by atoms with van der Waals surface area (Å²) < 4.78 is 0. The minimum Gasteiger partial charge on any atom is -0.348 e. The number of rotatable bonds is 6. The van der Waals surface area contributed by atoms with Crippen LogP contribution in [0.3, 0.4) is 0 Å². The van der Waals surface area contributed by atoms with Gasteiger partial charge in [0.2, 0.25) is 0 Å². The lowest BCUT2D eigenvalue weighted by Crippen LogP contribution is -2.28. The van der Waals surface area contributed by atoms with Gasteiger partial charge in [-0.25, -0.2) is 4.99 Å². The van der Waals surface area contributed by atoms with Crippen molar-refractivity contribution in [3.63, 3.8) is 0 Å². The normalized spacial score (nSPS) is 17.7. The van der Waals surface area contributed by atoms with Gasteiger partial charge in [-0.3, -0.25) is 9.59 Å². The Kier molecular flexibility index (Phi) is 6.36. The molecule has 2 aromatic carbocycles. The minimum atomic E-state index is -0.542. The molecule has 1 N–H and O–H groups in total. The van der Waals surface area contributed by atoms with E-state index in [1.54, 1.807) is 17.6 Å². The van der Waals surface area contributed by atoms with E-state index in [0.29, 0.717) is 22.8 Å². The Morgan fingerprint density at radius 3 is 2.59 bits per heavy atom. The van der Waals surface area contributed by atoms with Crippen LogP contribution in [0.4, 0.5) is 10.7 Å². The molecule has 0 radical (unpaired) electrons. The molecule has 0 saturated carbocycles. The third-order valence-corrected chi connectivity index (χ3v) is 7.40. The van der Waals surface area contributed by atoms with E-state index in [1.807, 2.05) is 67.6 Å². The number of nitrogens with one attached hydrogen (secondary N) is 1. The summed E-state index contributed by atoms with van der Waals surface area (Å²) in [5.74, 6) is -0.784. The van der Waals surface area contributed by atoms with Gasteiger partial charge in [0.25, 0.3) is 11.8 Å². The van der Waals surface area contributed by atoms with Crippen LogP contribution in [-0.2, 0) is 24.2 Å². The highest BCUT2D eigenvalue weighted by molar-refractivity contribution is 7.16. The molecule has 1 atom stereocenters. The van der Waals surface area contributed by atoms with Gasteiger partial charge < -0.3 is 5.32 Å². The van der Waals surface area contributed by atoms with Gasteiger partial charge in [-0.15, -0.1) is 11.3 Å². The second-order valence-electron chi connectivity index (χ2n) is 8.54. The maximum atomic E-state index is 13.3. The molecule has 0 spiro atoms. The summed E-state index contributed by atoms with van der Waals surface area (Å²) in [6.45, 7) is 2.30. The maximum absolute atomic E-state index is 13.3. The van der Waals surface area contributed by atoms with Crippen molar-refractivity contribution in [3.05, 3.63) is 82.2 Å². The number of hydrogen-bond acceptors (Lipinski definition) is 5. The Hall–Kier alpha value is -3.58. The van der Waals surface area contributed by atoms with Crippen LogP contribution >= 0.6 is 11.3 Å². The first-order chi connectivity index (χ1) is 16.6. The van der Waals surface area contributed by atoms with Crippen LogP contribution in [0.25, 0.3) is 0 Å². The predicted octanol–water partition coefficient (Wildman–Crippen LogP) is 5.30. The van der Waals surface area contributed by atoms with Gasteiger partial charge in [-0.05, 0) is 55.9 Å². The van der Waals surface area contributed by atoms with Crippen molar-refractivity contribution in [3.8, 4) is 0 Å². The quantitative estimate of drug-likeness (QED) is 0.497. The van der Waals surface area contributed by atoms with E-state index >= 15 is 0 Å². The number of carbonyl (C=O) groups excluding carboxylic acids is 2. The zero-order valence-corrected chi connectivity index (χ0v) is 19.8. The lowest BCUT2D eigenvalue weighted by molar-refractivity contribution is -0.118. The standard InChI is InChI=1S/C27H26N4O2S/c1-18-22(27(33)31(30-18)20-12-6-3-7-13-20)17-29-26-24(21-14-8-9-15-23(21)34-26)25(32)28-16-19-10-4-2-5-11-19/h2-7,10-13,17,22H,8-9,14-16H2,1H3,(H,28,32)/t22-/m0/s1. The zero-order valence-electron chi connectivity index (χ0n) is 19.0. The number of amides is 2. The van der Waals surface area contributed by atoms with E-state index in [-0.39, 0.29) is 11.8 Å². The van der Waals surface area contributed by atoms with E-state index in [9.17, 15) is 9.59 Å². The molecule has 3 aromatic rings. The van der Waals surface area contributed by atoms with Crippen molar-refractivity contribution >= 4 is 45.8 Å². The fraction of sp³-hybridized carbons (Fsp3) is 0.259. The number of benzene rings is 2. The van der Waals surface area contributed by atoms with Gasteiger partial charge in [0.15, 0.2) is 0 Å². The van der Waals surface area contributed by atoms with Gasteiger partial charge in [-0.1, -0.05) is 48.5 Å². The number of aryl methyl sites for hydroxylation is 1. The Morgan fingerprint density at radius 1 is 1.12 bits per heavy atom. The second kappa shape index (κ2) is 9.73. The van der Waals surface area contributed by atoms with Crippen LogP contribution in [0.15, 0.2) is 70.8 Å². The molecule has 2 amide bonds. The number of fused-ring (bicyclic) bond motifs is 1. The summed E-state index contributed by atoms with van der Waals surface area (Å²) in [5, 5.41) is 9.62. The van der Waals surface area contributed by atoms with Crippen molar-refractivity contribution < 1.29 is 9.59 Å². The SMILES string of the molecule is CC1=NN(c2ccccc2)C(=O)[C@H]1C=Nc1sc2c(c1C(=O)NCc1ccccc1)CCCC2. The molecule has 1 aliphatic carbocycles. The van der Waals surface area contributed by atoms with Crippen LogP contribution in [0.1, 0.15) is 46.1 Å². The molecule has 2 aliphatic rings. The average molecular weight is 471 g/mol. The van der Waals surface area contributed by atoms with E-state index in [2.05, 4.69) is 10.4 Å². The summed E-state index contributed by atoms with van der Waals surface area (Å²) >= 11 is 1.57. The number of nitrogens with zero attached hydrogens (tertiary/aromatic N) is 3. The molecule has 172 valence electrons. The fourth-order valence-corrected chi connectivity index (χ4v) is 5.63. The summed E-state index contributed by atoms with van der Waals surface area (Å²) in [6, 6.07) is 19.3. The first-order valence-corrected chi connectivity index (χ1v) is 12.4. The number of hydrazone groups is 1. The highest BCUT2D eigenvalue weighted by Crippen LogP contribution is 2.40. The summed E-state index contributed by atoms with van der Waals surface area (Å²) in [7, 11) is 0. The third kappa shape index (κ3) is 4.43. The van der Waals surface area contributed by atoms with Crippen molar-refractivity contribution in [2.75, 3.05) is 5.01 Å². The third-order valence-electron chi connectivity index (χ3n) is 6.20. The van der Waals surface area contributed by atoms with Gasteiger partial charge in [-0.2, -0.15) is 10.1 Å². The van der Waals surface area contributed by atoms with Crippen LogP contribution in [0, 0.1) is 5.92 Å². The largest absolute Gasteiger partial charge is 0.348 e. The number of aliphatic imine (C=N–C) groups is 1. The molecule has 0 saturated heterocycles. The molecular weight excluding hydrogens is 444 g/mol. The molecule has 34 heavy (non-hydrogen) atoms. The van der Waals surface area contributed by atoms with Crippen LogP contribution in [0.5, 0.6) is 0 Å². The van der Waals surface area contributed by atoms with Crippen molar-refractivity contribution in [1.82, 2.24) is 5.32 Å². The monoisotopic (exact) mass is 470 g/mol. The van der Waals surface area contributed by atoms with Gasteiger partial charge in [0, 0.05) is 17.6 Å². The number of para-hydroxylation sites is 1. The average Bonchev–Trinajstić information content (AvgIpc) is 3.38. The van der Waals surface area contributed by atoms with Crippen molar-refractivity contribution in [2.45, 2.75) is 39.2 Å². The molecule has 1 aromatic heterocycles. The Labute approximate surface area is 203 Å². The van der Waals surface area contributed by atoms with E-state index in [4.69, 9.17) is 4.99 Å². The van der Waals surface area contributed by atoms with Crippen LogP contribution in [-0.4, -0.2) is 23.7 Å². The molecule has 0 unspecified atom stereocenters. The van der Waals surface area contributed by atoms with E-state index in [0.717, 1.165) is 42.5 Å². The molecule has 5 rings (SSSR count). The molecule has 0 bridgehead atoms. The topological polar surface area (TPSA) is 74.1 Å². The van der Waals surface area contributed by atoms with Crippen LogP contribution < -0.4 is 10.3 Å². The van der Waals surface area contributed by atoms with E-state index < -0.39 is 5.92 Å². The minimum absolute atomic E-state index is 0.107. The zero-order chi connectivity index (χ0) is 23.5. The van der Waals surface area contributed by atoms with E-state index in [1.165, 1.54) is 9.89 Å². The van der Waals surface area contributed by atoms with Gasteiger partial charge in [0.05, 0.1) is 17.0 Å². The summed E-state index contributed by atoms with van der Waals surface area (Å²) in [4.78, 5) is 32.2. The molecule has 2 heterocycles. The Morgan fingerprint density at radius 2 is 1.82 bits per heavy atom. The Balaban J connectivity index is 1.39. The predicted molar refractivity (Wildman–Crippen MR) is 137 cm³/mol. The fourth-order valence-electron chi connectivity index (χ4n) is 4.39. The number of hydrogen-bond donors (Lipinski definition) is 1. The highest BCUT2D eigenvalue weighted by atomic mass is 32.1. The summed E-state index contributed by atoms with van der Waals surface area (Å²) in [6.07, 6.45) is 5.71. The first-order valence-electron chi connectivity index (χ1n) is 11.6. The first kappa shape index (κ1) is 22.2. The molecule has 6 nitrogen and oxygen atoms in total. The lowest BCUT2D eigenvalue weighted by Gasteiger charge is -2.13. The van der Waals surface area contributed by atoms with Crippen molar-refractivity contribution in [1.29, 1.82) is 0 Å². The van der Waals surface area contributed by atoms with Gasteiger partial charge >= 0.3 is 0 Å². The molecule has 7 heteroatoms. The highest BCUT2D eigenvalue weighted by Gasteiger charge is 2.33. The molecule has 0 fully saturated rings. The molecule has 1 aliphatic heterocycles. The maximum Gasteiger partial charge on any atom is 0.261 e. The van der Waals surface area contributed by atoms with Crippen molar-refractivity contribution in [2.24, 2.45) is 16.0 Å². The number of thiophene rings is 1. The van der Waals surface area contributed by atoms with Crippen LogP contribution in [0.2, 0.25) is 0 Å². The molecular formula is C27H26N4O2S. The smallest absolute Gasteiger partial charge is 0.261 e. The number of anilines is 1. The lowest BCUT2D eigenvalue weighted by atomic mass is 9.95. The summed E-state index contributed by atoms with van der Waals surface area (Å²) in [5.41, 5.74) is 4.24. The van der Waals surface area contributed by atoms with Gasteiger partial charge in [0.1, 0.15) is 10.9 Å².